The van der Waals surface area contributed by atoms with E-state index < -0.39 is 34.9 Å². The molecule has 38 heavy (non-hydrogen) atoms. The fourth-order valence-corrected chi connectivity index (χ4v) is 4.24. The SMILES string of the molecule is CCCC1=NN(c2c(F)c(F)cc(F)c2F)C(=O)/C1=C\c1cn(-c2ccccc2)nc1-c1ccc(Cl)cc1. The summed E-state index contributed by atoms with van der Waals surface area (Å²) in [5, 5.41) is 9.66. The van der Waals surface area contributed by atoms with Crippen molar-refractivity contribution in [3.63, 3.8) is 0 Å². The third-order valence-electron chi connectivity index (χ3n) is 5.92. The molecule has 0 unspecified atom stereocenters. The number of anilines is 1. The highest BCUT2D eigenvalue weighted by Crippen LogP contribution is 2.34. The molecule has 4 aromatic rings. The van der Waals surface area contributed by atoms with Crippen LogP contribution >= 0.6 is 11.6 Å². The molecule has 0 spiro atoms. The van der Waals surface area contributed by atoms with E-state index in [4.69, 9.17) is 16.7 Å². The Kier molecular flexibility index (Phi) is 6.86. The Balaban J connectivity index is 1.66. The number of nitrogens with zero attached hydrogens (tertiary/aromatic N) is 4. The lowest BCUT2D eigenvalue weighted by Gasteiger charge is -2.14. The molecule has 0 saturated heterocycles. The molecule has 1 aliphatic heterocycles. The summed E-state index contributed by atoms with van der Waals surface area (Å²) in [6, 6.07) is 16.3. The van der Waals surface area contributed by atoms with Crippen LogP contribution in [-0.2, 0) is 4.79 Å². The van der Waals surface area contributed by atoms with Gasteiger partial charge in [-0.05, 0) is 36.8 Å². The van der Waals surface area contributed by atoms with E-state index in [1.165, 1.54) is 6.08 Å². The van der Waals surface area contributed by atoms with Crippen LogP contribution in [0.15, 0.2) is 77.5 Å². The maximum Gasteiger partial charge on any atom is 0.280 e. The molecule has 1 aliphatic rings. The van der Waals surface area contributed by atoms with Crippen molar-refractivity contribution in [1.82, 2.24) is 9.78 Å². The Hall–Kier alpha value is -4.24. The Morgan fingerprint density at radius 1 is 0.947 bits per heavy atom. The largest absolute Gasteiger partial charge is 0.280 e. The minimum atomic E-state index is -1.71. The van der Waals surface area contributed by atoms with Crippen molar-refractivity contribution < 1.29 is 22.4 Å². The number of halogens is 5. The number of carbonyl (C=O) groups is 1. The highest BCUT2D eigenvalue weighted by atomic mass is 35.5. The van der Waals surface area contributed by atoms with Gasteiger partial charge in [0.2, 0.25) is 0 Å². The molecule has 5 nitrogen and oxygen atoms in total. The van der Waals surface area contributed by atoms with Crippen LogP contribution in [0.25, 0.3) is 23.0 Å². The number of amides is 1. The number of para-hydroxylation sites is 1. The van der Waals surface area contributed by atoms with E-state index in [0.29, 0.717) is 33.3 Å². The number of rotatable bonds is 6. The number of hydrogen-bond donors (Lipinski definition) is 0. The number of hydrogen-bond acceptors (Lipinski definition) is 3. The minimum absolute atomic E-state index is 0.0261. The second-order valence-electron chi connectivity index (χ2n) is 8.51. The molecule has 0 radical (unpaired) electrons. The molecule has 192 valence electrons. The molecule has 1 amide bonds. The maximum absolute atomic E-state index is 14.6. The zero-order chi connectivity index (χ0) is 27.0. The van der Waals surface area contributed by atoms with Gasteiger partial charge in [-0.3, -0.25) is 4.79 Å². The van der Waals surface area contributed by atoms with Gasteiger partial charge in [-0.2, -0.15) is 15.2 Å². The molecule has 0 saturated carbocycles. The molecule has 0 aliphatic carbocycles. The molecule has 0 atom stereocenters. The highest BCUT2D eigenvalue weighted by Gasteiger charge is 2.36. The molecule has 2 heterocycles. The van der Waals surface area contributed by atoms with E-state index in [1.807, 2.05) is 37.3 Å². The lowest BCUT2D eigenvalue weighted by molar-refractivity contribution is -0.114. The molecule has 0 N–H and O–H groups in total. The molecule has 0 bridgehead atoms. The predicted molar refractivity (Wildman–Crippen MR) is 138 cm³/mol. The van der Waals surface area contributed by atoms with Crippen molar-refractivity contribution in [2.75, 3.05) is 5.01 Å². The van der Waals surface area contributed by atoms with Crippen molar-refractivity contribution >= 4 is 35.0 Å². The first kappa shape index (κ1) is 25.4. The van der Waals surface area contributed by atoms with Gasteiger partial charge in [0.15, 0.2) is 23.3 Å². The highest BCUT2D eigenvalue weighted by molar-refractivity contribution is 6.33. The van der Waals surface area contributed by atoms with Crippen molar-refractivity contribution in [1.29, 1.82) is 0 Å². The van der Waals surface area contributed by atoms with Gasteiger partial charge in [-0.15, -0.1) is 0 Å². The van der Waals surface area contributed by atoms with Crippen molar-refractivity contribution in [2.24, 2.45) is 5.10 Å². The van der Waals surface area contributed by atoms with Crippen molar-refractivity contribution in [2.45, 2.75) is 19.8 Å². The van der Waals surface area contributed by atoms with Crippen LogP contribution in [0.5, 0.6) is 0 Å². The fourth-order valence-electron chi connectivity index (χ4n) is 4.12. The van der Waals surface area contributed by atoms with Crippen LogP contribution in [0.3, 0.4) is 0 Å². The Bertz CT molecular complexity index is 1570. The number of aromatic nitrogens is 2. The number of hydrazone groups is 1. The lowest BCUT2D eigenvalue weighted by Crippen LogP contribution is -2.24. The normalized spacial score (nSPS) is 14.5. The second kappa shape index (κ2) is 10.3. The molecule has 3 aromatic carbocycles. The van der Waals surface area contributed by atoms with Crippen LogP contribution < -0.4 is 5.01 Å². The fraction of sp³-hybridized carbons (Fsp3) is 0.107. The summed E-state index contributed by atoms with van der Waals surface area (Å²) in [7, 11) is 0. The van der Waals surface area contributed by atoms with Gasteiger partial charge < -0.3 is 0 Å². The molecule has 0 fully saturated rings. The smallest absolute Gasteiger partial charge is 0.267 e. The van der Waals surface area contributed by atoms with Gasteiger partial charge in [0.1, 0.15) is 5.69 Å². The summed E-state index contributed by atoms with van der Waals surface area (Å²) in [4.78, 5) is 13.4. The maximum atomic E-state index is 14.6. The molecule has 5 rings (SSSR count). The number of benzene rings is 3. The van der Waals surface area contributed by atoms with Gasteiger partial charge in [-0.1, -0.05) is 55.3 Å². The van der Waals surface area contributed by atoms with Crippen molar-refractivity contribution in [3.05, 3.63) is 106 Å². The van der Waals surface area contributed by atoms with Crippen LogP contribution in [-0.4, -0.2) is 21.4 Å². The zero-order valence-corrected chi connectivity index (χ0v) is 20.7. The Morgan fingerprint density at radius 2 is 1.61 bits per heavy atom. The van der Waals surface area contributed by atoms with Crippen LogP contribution in [0.1, 0.15) is 25.3 Å². The van der Waals surface area contributed by atoms with Gasteiger partial charge in [0.25, 0.3) is 5.91 Å². The minimum Gasteiger partial charge on any atom is -0.267 e. The Morgan fingerprint density at radius 3 is 2.24 bits per heavy atom. The lowest BCUT2D eigenvalue weighted by atomic mass is 10.0. The van der Waals surface area contributed by atoms with Crippen LogP contribution in [0.4, 0.5) is 23.2 Å². The van der Waals surface area contributed by atoms with E-state index in [-0.39, 0.29) is 23.8 Å². The average Bonchev–Trinajstić information content (AvgIpc) is 3.46. The second-order valence-corrected chi connectivity index (χ2v) is 8.94. The van der Waals surface area contributed by atoms with Crippen LogP contribution in [0, 0.1) is 23.3 Å². The van der Waals surface area contributed by atoms with Crippen LogP contribution in [0.2, 0.25) is 5.02 Å². The zero-order valence-electron chi connectivity index (χ0n) is 19.9. The summed E-state index contributed by atoms with van der Waals surface area (Å²) < 4.78 is 58.6. The van der Waals surface area contributed by atoms with Gasteiger partial charge in [0.05, 0.1) is 22.7 Å². The van der Waals surface area contributed by atoms with E-state index in [0.717, 1.165) is 5.69 Å². The topological polar surface area (TPSA) is 50.5 Å². The summed E-state index contributed by atoms with van der Waals surface area (Å²) in [5.41, 5.74) is 1.52. The summed E-state index contributed by atoms with van der Waals surface area (Å²) in [6.07, 6.45) is 4.04. The quantitative estimate of drug-likeness (QED) is 0.146. The van der Waals surface area contributed by atoms with E-state index in [2.05, 4.69) is 5.10 Å². The molecular weight excluding hydrogens is 520 g/mol. The summed E-state index contributed by atoms with van der Waals surface area (Å²) in [5.74, 6) is -7.62. The first-order valence-corrected chi connectivity index (χ1v) is 12.0. The summed E-state index contributed by atoms with van der Waals surface area (Å²) in [6.45, 7) is 1.84. The third kappa shape index (κ3) is 4.61. The third-order valence-corrected chi connectivity index (χ3v) is 6.17. The van der Waals surface area contributed by atoms with E-state index >= 15 is 0 Å². The van der Waals surface area contributed by atoms with Gasteiger partial charge in [-0.25, -0.2) is 22.2 Å². The molecule has 1 aromatic heterocycles. The molecule has 10 heteroatoms. The number of carbonyl (C=O) groups excluding carboxylic acids is 1. The van der Waals surface area contributed by atoms with Gasteiger partial charge in [0, 0.05) is 28.4 Å². The van der Waals surface area contributed by atoms with Crippen molar-refractivity contribution in [3.8, 4) is 16.9 Å². The summed E-state index contributed by atoms with van der Waals surface area (Å²) >= 11 is 6.05. The average molecular weight is 539 g/mol. The van der Waals surface area contributed by atoms with E-state index in [1.54, 1.807) is 35.1 Å². The monoisotopic (exact) mass is 538 g/mol. The van der Waals surface area contributed by atoms with Gasteiger partial charge >= 0.3 is 0 Å². The van der Waals surface area contributed by atoms with E-state index in [9.17, 15) is 22.4 Å². The first-order chi connectivity index (χ1) is 18.3. The predicted octanol–water partition coefficient (Wildman–Crippen LogP) is 7.34. The first-order valence-electron chi connectivity index (χ1n) is 11.7. The molecular formula is C28H19ClF4N4O. The standard InChI is InChI=1S/C28H19ClF4N4O/c1-2-6-23-20(28(38)37(34-23)27-24(32)21(30)14-22(31)25(27)33)13-17-15-36(19-7-4-3-5-8-19)35-26(17)16-9-11-18(29)12-10-16/h3-5,7-15H,2,6H2,1H3/b20-13-. The Labute approximate surface area is 220 Å².